The Morgan fingerprint density at radius 2 is 0.857 bits per heavy atom. The van der Waals surface area contributed by atoms with Crippen molar-refractivity contribution >= 4 is 90.9 Å². The van der Waals surface area contributed by atoms with Crippen molar-refractivity contribution < 1.29 is 0 Å². The Hall–Kier alpha value is -5.74. The summed E-state index contributed by atoms with van der Waals surface area (Å²) in [5.41, 5.74) is 8.38. The van der Waals surface area contributed by atoms with Crippen LogP contribution in [-0.4, -0.2) is 0 Å². The molecule has 0 fully saturated rings. The Kier molecular flexibility index (Phi) is 6.61. The standard InChI is InChI=1S/C46H29NS2/c1-2-10-30(11-3-1)31-18-22-34(23-19-31)47(36-26-27-44-40(29-36)38-14-6-8-16-42(38)48-44)35-24-20-32(21-25-35)45-37-13-5-4-12-33(37)28-41-39-15-7-9-17-43(39)49-46(41)45/h1-29H. The number of thiophene rings is 2. The lowest BCUT2D eigenvalue weighted by molar-refractivity contribution is 1.29. The quantitative estimate of drug-likeness (QED) is 0.178. The molecule has 0 aliphatic rings. The van der Waals surface area contributed by atoms with Crippen LogP contribution in [0.5, 0.6) is 0 Å². The van der Waals surface area contributed by atoms with Gasteiger partial charge in [0, 0.05) is 63.0 Å². The molecule has 0 saturated heterocycles. The highest BCUT2D eigenvalue weighted by Gasteiger charge is 2.18. The molecular weight excluding hydrogens is 631 g/mol. The number of hydrogen-bond donors (Lipinski definition) is 0. The van der Waals surface area contributed by atoms with Gasteiger partial charge in [-0.25, -0.2) is 0 Å². The third-order valence-corrected chi connectivity index (χ3v) is 12.0. The van der Waals surface area contributed by atoms with Crippen molar-refractivity contribution in [1.29, 1.82) is 0 Å². The lowest BCUT2D eigenvalue weighted by atomic mass is 9.95. The molecule has 0 atom stereocenters. The van der Waals surface area contributed by atoms with Gasteiger partial charge in [-0.2, -0.15) is 0 Å². The lowest BCUT2D eigenvalue weighted by Gasteiger charge is -2.26. The zero-order valence-corrected chi connectivity index (χ0v) is 28.1. The molecule has 0 aliphatic carbocycles. The highest BCUT2D eigenvalue weighted by Crippen LogP contribution is 2.46. The molecule has 49 heavy (non-hydrogen) atoms. The van der Waals surface area contributed by atoms with E-state index in [1.807, 2.05) is 22.7 Å². The van der Waals surface area contributed by atoms with Crippen LogP contribution in [-0.2, 0) is 0 Å². The maximum atomic E-state index is 2.39. The van der Waals surface area contributed by atoms with Crippen LogP contribution in [0.1, 0.15) is 0 Å². The van der Waals surface area contributed by atoms with Crippen LogP contribution < -0.4 is 4.90 Å². The zero-order valence-electron chi connectivity index (χ0n) is 26.5. The van der Waals surface area contributed by atoms with Crippen LogP contribution in [0.25, 0.3) is 73.4 Å². The summed E-state index contributed by atoms with van der Waals surface area (Å²) >= 11 is 3.75. The van der Waals surface area contributed by atoms with Crippen LogP contribution in [0.15, 0.2) is 176 Å². The second kappa shape index (κ2) is 11.5. The first-order valence-electron chi connectivity index (χ1n) is 16.6. The molecule has 10 aromatic rings. The number of benzene rings is 8. The third-order valence-electron chi connectivity index (χ3n) is 9.66. The van der Waals surface area contributed by atoms with Gasteiger partial charge in [0.15, 0.2) is 0 Å². The number of hydrogen-bond acceptors (Lipinski definition) is 3. The van der Waals surface area contributed by atoms with Crippen LogP contribution in [0, 0.1) is 0 Å². The Morgan fingerprint density at radius 1 is 0.327 bits per heavy atom. The molecule has 0 amide bonds. The van der Waals surface area contributed by atoms with E-state index in [-0.39, 0.29) is 0 Å². The SMILES string of the molecule is c1ccc(-c2ccc(N(c3ccc(-c4c5ccccc5cc5c4sc4ccccc45)cc3)c3ccc4sc5ccccc5c4c3)cc2)cc1. The lowest BCUT2D eigenvalue weighted by Crippen LogP contribution is -2.09. The average Bonchev–Trinajstić information content (AvgIpc) is 3.73. The molecular formula is C46H29NS2. The van der Waals surface area contributed by atoms with E-state index < -0.39 is 0 Å². The predicted molar refractivity (Wildman–Crippen MR) is 215 cm³/mol. The number of nitrogens with zero attached hydrogens (tertiary/aromatic N) is 1. The van der Waals surface area contributed by atoms with Gasteiger partial charge < -0.3 is 4.90 Å². The highest BCUT2D eigenvalue weighted by molar-refractivity contribution is 7.26. The van der Waals surface area contributed by atoms with Gasteiger partial charge in [0.25, 0.3) is 0 Å². The molecule has 2 heterocycles. The molecule has 2 aromatic heterocycles. The number of rotatable bonds is 5. The van der Waals surface area contributed by atoms with Crippen molar-refractivity contribution in [3.63, 3.8) is 0 Å². The van der Waals surface area contributed by atoms with E-state index in [0.29, 0.717) is 0 Å². The van der Waals surface area contributed by atoms with Gasteiger partial charge in [-0.15, -0.1) is 22.7 Å². The average molecular weight is 660 g/mol. The van der Waals surface area contributed by atoms with Crippen molar-refractivity contribution in [3.8, 4) is 22.3 Å². The van der Waals surface area contributed by atoms with E-state index in [1.165, 1.54) is 73.4 Å². The minimum Gasteiger partial charge on any atom is -0.310 e. The fraction of sp³-hybridized carbons (Fsp3) is 0. The van der Waals surface area contributed by atoms with E-state index in [2.05, 4.69) is 181 Å². The smallest absolute Gasteiger partial charge is 0.0468 e. The molecule has 230 valence electrons. The Morgan fingerprint density at radius 3 is 1.59 bits per heavy atom. The van der Waals surface area contributed by atoms with E-state index in [1.54, 1.807) is 0 Å². The molecule has 0 radical (unpaired) electrons. The van der Waals surface area contributed by atoms with Gasteiger partial charge >= 0.3 is 0 Å². The van der Waals surface area contributed by atoms with Crippen molar-refractivity contribution in [1.82, 2.24) is 0 Å². The summed E-state index contributed by atoms with van der Waals surface area (Å²) in [4.78, 5) is 2.39. The molecule has 0 saturated carbocycles. The monoisotopic (exact) mass is 659 g/mol. The second-order valence-electron chi connectivity index (χ2n) is 12.5. The van der Waals surface area contributed by atoms with Crippen LogP contribution in [0.4, 0.5) is 17.1 Å². The van der Waals surface area contributed by atoms with Crippen molar-refractivity contribution in [2.75, 3.05) is 4.90 Å². The third kappa shape index (κ3) is 4.74. The van der Waals surface area contributed by atoms with Gasteiger partial charge in [0.05, 0.1) is 0 Å². The molecule has 0 spiro atoms. The largest absolute Gasteiger partial charge is 0.310 e. The van der Waals surface area contributed by atoms with Gasteiger partial charge in [-0.3, -0.25) is 0 Å². The molecule has 0 aliphatic heterocycles. The van der Waals surface area contributed by atoms with Crippen molar-refractivity contribution in [2.45, 2.75) is 0 Å². The maximum absolute atomic E-state index is 2.39. The molecule has 8 aromatic carbocycles. The van der Waals surface area contributed by atoms with Gasteiger partial charge in [-0.05, 0) is 88.1 Å². The first kappa shape index (κ1) is 28.3. The maximum Gasteiger partial charge on any atom is 0.0468 e. The molecule has 0 bridgehead atoms. The van der Waals surface area contributed by atoms with Crippen molar-refractivity contribution in [2.24, 2.45) is 0 Å². The van der Waals surface area contributed by atoms with Gasteiger partial charge in [-0.1, -0.05) is 115 Å². The summed E-state index contributed by atoms with van der Waals surface area (Å²) in [6, 6.07) is 64.4. The zero-order chi connectivity index (χ0) is 32.3. The van der Waals surface area contributed by atoms with Crippen LogP contribution in [0.2, 0.25) is 0 Å². The Bertz CT molecular complexity index is 2810. The number of fused-ring (bicyclic) bond motifs is 7. The summed E-state index contributed by atoms with van der Waals surface area (Å²) < 4.78 is 5.30. The topological polar surface area (TPSA) is 3.24 Å². The summed E-state index contributed by atoms with van der Waals surface area (Å²) in [6.45, 7) is 0. The van der Waals surface area contributed by atoms with Crippen molar-refractivity contribution in [3.05, 3.63) is 176 Å². The van der Waals surface area contributed by atoms with Gasteiger partial charge in [0.1, 0.15) is 0 Å². The van der Waals surface area contributed by atoms with Crippen LogP contribution >= 0.6 is 22.7 Å². The van der Waals surface area contributed by atoms with Gasteiger partial charge in [0.2, 0.25) is 0 Å². The van der Waals surface area contributed by atoms with E-state index in [9.17, 15) is 0 Å². The number of anilines is 3. The molecule has 0 unspecified atom stereocenters. The van der Waals surface area contributed by atoms with E-state index in [0.717, 1.165) is 17.1 Å². The molecule has 3 heteroatoms. The summed E-state index contributed by atoms with van der Waals surface area (Å²) in [5, 5.41) is 7.82. The molecule has 1 nitrogen and oxygen atoms in total. The fourth-order valence-electron chi connectivity index (χ4n) is 7.32. The summed E-state index contributed by atoms with van der Waals surface area (Å²) in [5.74, 6) is 0. The Balaban J connectivity index is 1.14. The fourth-order valence-corrected chi connectivity index (χ4v) is 9.67. The van der Waals surface area contributed by atoms with Crippen LogP contribution in [0.3, 0.4) is 0 Å². The summed E-state index contributed by atoms with van der Waals surface area (Å²) in [6.07, 6.45) is 0. The minimum atomic E-state index is 1.13. The van der Waals surface area contributed by atoms with E-state index in [4.69, 9.17) is 0 Å². The van der Waals surface area contributed by atoms with E-state index >= 15 is 0 Å². The first-order chi connectivity index (χ1) is 24.3. The second-order valence-corrected chi connectivity index (χ2v) is 14.7. The molecule has 10 rings (SSSR count). The summed E-state index contributed by atoms with van der Waals surface area (Å²) in [7, 11) is 0. The molecule has 0 N–H and O–H groups in total. The minimum absolute atomic E-state index is 1.13. The predicted octanol–water partition coefficient (Wildman–Crippen LogP) is 14.4. The normalized spacial score (nSPS) is 11.7. The highest BCUT2D eigenvalue weighted by atomic mass is 32.1. The first-order valence-corrected chi connectivity index (χ1v) is 18.2. The Labute approximate surface area is 292 Å².